The fourth-order valence-electron chi connectivity index (χ4n) is 2.28. The molecule has 1 aliphatic heterocycles. The lowest BCUT2D eigenvalue weighted by Crippen LogP contribution is -2.33. The van der Waals surface area contributed by atoms with Gasteiger partial charge in [0.1, 0.15) is 5.75 Å². The van der Waals surface area contributed by atoms with E-state index in [4.69, 9.17) is 15.2 Å². The van der Waals surface area contributed by atoms with Gasteiger partial charge in [0.05, 0.1) is 13.2 Å². The highest BCUT2D eigenvalue weighted by Gasteiger charge is 2.19. The lowest BCUT2D eigenvalue weighted by molar-refractivity contribution is 0.154. The zero-order valence-electron chi connectivity index (χ0n) is 11.7. The van der Waals surface area contributed by atoms with Crippen LogP contribution in [0.2, 0.25) is 0 Å². The molecule has 1 aromatic rings. The minimum Gasteiger partial charge on any atom is -0.494 e. The van der Waals surface area contributed by atoms with E-state index >= 15 is 0 Å². The Hall–Kier alpha value is -1.10. The molecule has 1 fully saturated rings. The van der Waals surface area contributed by atoms with Gasteiger partial charge in [0.25, 0.3) is 0 Å². The van der Waals surface area contributed by atoms with Gasteiger partial charge in [-0.25, -0.2) is 0 Å². The molecule has 0 amide bonds. The summed E-state index contributed by atoms with van der Waals surface area (Å²) in [6, 6.07) is 8.58. The van der Waals surface area contributed by atoms with Crippen LogP contribution in [0.5, 0.6) is 5.75 Å². The first-order valence-electron chi connectivity index (χ1n) is 6.99. The molecule has 2 N–H and O–H groups in total. The first kappa shape index (κ1) is 14.3. The van der Waals surface area contributed by atoms with Crippen molar-refractivity contribution in [2.45, 2.75) is 25.4 Å². The summed E-state index contributed by atoms with van der Waals surface area (Å²) in [4.78, 5) is 2.37. The second kappa shape index (κ2) is 7.48. The lowest BCUT2D eigenvalue weighted by Gasteiger charge is -2.22. The average Bonchev–Trinajstić information content (AvgIpc) is 2.98. The molecule has 2 rings (SSSR count). The molecule has 0 spiro atoms. The van der Waals surface area contributed by atoms with E-state index in [-0.39, 0.29) is 0 Å². The minimum atomic E-state index is 0.578. The molecule has 106 valence electrons. The van der Waals surface area contributed by atoms with Gasteiger partial charge in [-0.15, -0.1) is 0 Å². The van der Waals surface area contributed by atoms with Crippen LogP contribution in [0.4, 0.5) is 0 Å². The molecular weight excluding hydrogens is 240 g/mol. The van der Waals surface area contributed by atoms with Crippen LogP contribution in [0.3, 0.4) is 0 Å². The Morgan fingerprint density at radius 1 is 1.37 bits per heavy atom. The summed E-state index contributed by atoms with van der Waals surface area (Å²) < 4.78 is 11.1. The van der Waals surface area contributed by atoms with Crippen molar-refractivity contribution in [3.8, 4) is 5.75 Å². The summed E-state index contributed by atoms with van der Waals surface area (Å²) in [5.41, 5.74) is 6.69. The van der Waals surface area contributed by atoms with Crippen LogP contribution in [0.15, 0.2) is 24.3 Å². The quantitative estimate of drug-likeness (QED) is 0.761. The molecule has 19 heavy (non-hydrogen) atoms. The maximum atomic E-state index is 5.72. The molecule has 4 heteroatoms. The number of likely N-dealkylation sites (N-methyl/N-ethyl adjacent to an activating group) is 1. The van der Waals surface area contributed by atoms with E-state index in [0.717, 1.165) is 50.5 Å². The van der Waals surface area contributed by atoms with Gasteiger partial charge in [-0.2, -0.15) is 0 Å². The predicted molar refractivity (Wildman–Crippen MR) is 76.3 cm³/mol. The molecule has 1 aliphatic rings. The van der Waals surface area contributed by atoms with Gasteiger partial charge in [0.15, 0.2) is 0 Å². The predicted octanol–water partition coefficient (Wildman–Crippen LogP) is 1.63. The molecule has 0 bridgehead atoms. The van der Waals surface area contributed by atoms with E-state index in [1.807, 2.05) is 24.3 Å². The average molecular weight is 264 g/mol. The summed E-state index contributed by atoms with van der Waals surface area (Å²) in [6.07, 6.45) is 2.18. The van der Waals surface area contributed by atoms with Crippen molar-refractivity contribution in [1.29, 1.82) is 0 Å². The van der Waals surface area contributed by atoms with Gasteiger partial charge in [-0.05, 0) is 37.6 Å². The van der Waals surface area contributed by atoms with Crippen molar-refractivity contribution in [1.82, 2.24) is 4.90 Å². The Balaban J connectivity index is 1.62. The van der Waals surface area contributed by atoms with Crippen LogP contribution in [0.25, 0.3) is 0 Å². The largest absolute Gasteiger partial charge is 0.494 e. The minimum absolute atomic E-state index is 0.578. The standard InChI is InChI=1S/C15H24N2O2/c1-17(14-7-10-18-12-14)8-2-9-19-15-5-3-13(11-16)4-6-15/h3-6,14H,2,7-12,16H2,1H3. The van der Waals surface area contributed by atoms with Crippen molar-refractivity contribution in [3.63, 3.8) is 0 Å². The molecule has 0 radical (unpaired) electrons. The van der Waals surface area contributed by atoms with E-state index in [9.17, 15) is 0 Å². The molecule has 0 aromatic heterocycles. The van der Waals surface area contributed by atoms with Crippen molar-refractivity contribution < 1.29 is 9.47 Å². The number of benzene rings is 1. The number of nitrogens with two attached hydrogens (primary N) is 1. The summed E-state index contributed by atoms with van der Waals surface area (Å²) >= 11 is 0. The Kier molecular flexibility index (Phi) is 5.63. The number of ether oxygens (including phenoxy) is 2. The van der Waals surface area contributed by atoms with Crippen molar-refractivity contribution in [2.24, 2.45) is 5.73 Å². The molecule has 1 aromatic carbocycles. The van der Waals surface area contributed by atoms with E-state index < -0.39 is 0 Å². The zero-order valence-corrected chi connectivity index (χ0v) is 11.7. The molecule has 0 saturated carbocycles. The third kappa shape index (κ3) is 4.49. The highest BCUT2D eigenvalue weighted by molar-refractivity contribution is 5.26. The topological polar surface area (TPSA) is 47.7 Å². The van der Waals surface area contributed by atoms with Crippen molar-refractivity contribution in [3.05, 3.63) is 29.8 Å². The number of nitrogens with zero attached hydrogens (tertiary/aromatic N) is 1. The van der Waals surface area contributed by atoms with Crippen LogP contribution >= 0.6 is 0 Å². The van der Waals surface area contributed by atoms with E-state index in [2.05, 4.69) is 11.9 Å². The number of rotatable bonds is 7. The monoisotopic (exact) mass is 264 g/mol. The van der Waals surface area contributed by atoms with Crippen molar-refractivity contribution in [2.75, 3.05) is 33.4 Å². The fraction of sp³-hybridized carbons (Fsp3) is 0.600. The van der Waals surface area contributed by atoms with E-state index in [1.54, 1.807) is 0 Å². The van der Waals surface area contributed by atoms with E-state index in [1.165, 1.54) is 0 Å². The van der Waals surface area contributed by atoms with Gasteiger partial charge in [-0.1, -0.05) is 12.1 Å². The summed E-state index contributed by atoms with van der Waals surface area (Å²) in [6.45, 7) is 4.15. The maximum Gasteiger partial charge on any atom is 0.119 e. The second-order valence-corrected chi connectivity index (χ2v) is 5.05. The van der Waals surface area contributed by atoms with Gasteiger partial charge < -0.3 is 20.1 Å². The van der Waals surface area contributed by atoms with Gasteiger partial charge in [0.2, 0.25) is 0 Å². The lowest BCUT2D eigenvalue weighted by atomic mass is 10.2. The van der Waals surface area contributed by atoms with E-state index in [0.29, 0.717) is 12.6 Å². The Morgan fingerprint density at radius 2 is 2.16 bits per heavy atom. The first-order chi connectivity index (χ1) is 9.29. The third-order valence-electron chi connectivity index (χ3n) is 3.61. The van der Waals surface area contributed by atoms with Crippen molar-refractivity contribution >= 4 is 0 Å². The SMILES string of the molecule is CN(CCCOc1ccc(CN)cc1)C1CCOC1. The number of hydrogen-bond donors (Lipinski definition) is 1. The second-order valence-electron chi connectivity index (χ2n) is 5.05. The maximum absolute atomic E-state index is 5.72. The van der Waals surface area contributed by atoms with Gasteiger partial charge in [-0.3, -0.25) is 0 Å². The highest BCUT2D eigenvalue weighted by Crippen LogP contribution is 2.13. The Bertz CT molecular complexity index is 361. The normalized spacial score (nSPS) is 19.0. The molecule has 1 unspecified atom stereocenters. The van der Waals surface area contributed by atoms with Crippen LogP contribution in [-0.4, -0.2) is 44.4 Å². The van der Waals surface area contributed by atoms with Gasteiger partial charge in [0, 0.05) is 25.7 Å². The molecular formula is C15H24N2O2. The molecule has 4 nitrogen and oxygen atoms in total. The molecule has 1 saturated heterocycles. The molecule has 1 atom stereocenters. The summed E-state index contributed by atoms with van der Waals surface area (Å²) in [5.74, 6) is 0.920. The van der Waals surface area contributed by atoms with Crippen LogP contribution < -0.4 is 10.5 Å². The van der Waals surface area contributed by atoms with Crippen LogP contribution in [-0.2, 0) is 11.3 Å². The van der Waals surface area contributed by atoms with Crippen LogP contribution in [0, 0.1) is 0 Å². The summed E-state index contributed by atoms with van der Waals surface area (Å²) in [7, 11) is 2.16. The Morgan fingerprint density at radius 3 is 2.79 bits per heavy atom. The smallest absolute Gasteiger partial charge is 0.119 e. The summed E-state index contributed by atoms with van der Waals surface area (Å²) in [5, 5.41) is 0. The highest BCUT2D eigenvalue weighted by atomic mass is 16.5. The fourth-order valence-corrected chi connectivity index (χ4v) is 2.28. The van der Waals surface area contributed by atoms with Crippen LogP contribution in [0.1, 0.15) is 18.4 Å². The molecule has 0 aliphatic carbocycles. The number of hydrogen-bond acceptors (Lipinski definition) is 4. The zero-order chi connectivity index (χ0) is 13.5. The molecule has 1 heterocycles. The third-order valence-corrected chi connectivity index (χ3v) is 3.61. The first-order valence-corrected chi connectivity index (χ1v) is 6.99. The van der Waals surface area contributed by atoms with Gasteiger partial charge >= 0.3 is 0 Å². The Labute approximate surface area is 115 Å².